The quantitative estimate of drug-likeness (QED) is 0.906. The summed E-state index contributed by atoms with van der Waals surface area (Å²) in [4.78, 5) is 17.6. The zero-order valence-corrected chi connectivity index (χ0v) is 11.7. The number of rotatable bonds is 4. The first-order valence-electron chi connectivity index (χ1n) is 6.95. The van der Waals surface area contributed by atoms with Gasteiger partial charge in [-0.1, -0.05) is 13.0 Å². The number of carbonyl (C=O) groups is 1. The normalized spacial score (nSPS) is 21.2. The van der Waals surface area contributed by atoms with Crippen LogP contribution in [0.2, 0.25) is 0 Å². The van der Waals surface area contributed by atoms with Crippen molar-refractivity contribution in [3.8, 4) is 0 Å². The van der Waals surface area contributed by atoms with Crippen LogP contribution in [0.1, 0.15) is 31.7 Å². The van der Waals surface area contributed by atoms with E-state index in [1.54, 1.807) is 0 Å². The summed E-state index contributed by atoms with van der Waals surface area (Å²) >= 11 is 0. The lowest BCUT2D eigenvalue weighted by Gasteiger charge is -2.36. The van der Waals surface area contributed by atoms with Crippen molar-refractivity contribution < 1.29 is 9.90 Å². The number of carboxylic acids is 1. The third-order valence-corrected chi connectivity index (χ3v) is 3.98. The third-order valence-electron chi connectivity index (χ3n) is 3.98. The molecule has 0 amide bonds. The van der Waals surface area contributed by atoms with Crippen molar-refractivity contribution in [2.45, 2.75) is 33.1 Å². The Labute approximate surface area is 114 Å². The van der Waals surface area contributed by atoms with Crippen LogP contribution in [-0.4, -0.2) is 29.1 Å². The molecule has 1 N–H and O–H groups in total. The summed E-state index contributed by atoms with van der Waals surface area (Å²) in [6.07, 6.45) is 4.39. The van der Waals surface area contributed by atoms with E-state index in [0.717, 1.165) is 37.3 Å². The number of aryl methyl sites for hydroxylation is 1. The number of aliphatic carboxylic acids is 1. The van der Waals surface area contributed by atoms with Gasteiger partial charge in [0.2, 0.25) is 0 Å². The minimum atomic E-state index is -0.696. The van der Waals surface area contributed by atoms with Crippen LogP contribution in [0.3, 0.4) is 0 Å². The number of piperidine rings is 1. The highest BCUT2D eigenvalue weighted by molar-refractivity contribution is 5.67. The summed E-state index contributed by atoms with van der Waals surface area (Å²) in [6.45, 7) is 6.02. The minimum Gasteiger partial charge on any atom is -0.481 e. The van der Waals surface area contributed by atoms with Crippen LogP contribution < -0.4 is 4.90 Å². The van der Waals surface area contributed by atoms with Gasteiger partial charge in [0.1, 0.15) is 5.82 Å². The Kier molecular flexibility index (Phi) is 4.40. The molecule has 0 saturated carbocycles. The van der Waals surface area contributed by atoms with Crippen LogP contribution in [0.15, 0.2) is 18.3 Å². The molecule has 0 aromatic carbocycles. The molecule has 104 valence electrons. The van der Waals surface area contributed by atoms with Crippen LogP contribution in [0.5, 0.6) is 0 Å². The van der Waals surface area contributed by atoms with Crippen molar-refractivity contribution in [1.29, 1.82) is 0 Å². The number of hydrogen-bond acceptors (Lipinski definition) is 3. The first-order chi connectivity index (χ1) is 9.06. The summed E-state index contributed by atoms with van der Waals surface area (Å²) in [6, 6.07) is 4.13. The van der Waals surface area contributed by atoms with E-state index in [-0.39, 0.29) is 12.3 Å². The Balaban J connectivity index is 2.00. The van der Waals surface area contributed by atoms with Crippen LogP contribution >= 0.6 is 0 Å². The zero-order valence-electron chi connectivity index (χ0n) is 11.7. The van der Waals surface area contributed by atoms with Crippen LogP contribution in [0.4, 0.5) is 5.82 Å². The molecular weight excluding hydrogens is 240 g/mol. The van der Waals surface area contributed by atoms with E-state index < -0.39 is 5.97 Å². The molecule has 2 rings (SSSR count). The van der Waals surface area contributed by atoms with Crippen molar-refractivity contribution >= 4 is 11.8 Å². The maximum absolute atomic E-state index is 10.8. The van der Waals surface area contributed by atoms with Gasteiger partial charge in [-0.05, 0) is 43.2 Å². The molecule has 0 spiro atoms. The molecule has 1 aliphatic heterocycles. The number of nitrogens with zero attached hydrogens (tertiary/aromatic N) is 2. The summed E-state index contributed by atoms with van der Waals surface area (Å²) in [5.41, 5.74) is 1.16. The zero-order chi connectivity index (χ0) is 13.8. The predicted octanol–water partition coefficient (Wildman–Crippen LogP) is 2.72. The molecule has 1 aliphatic rings. The second-order valence-corrected chi connectivity index (χ2v) is 5.62. The molecule has 1 saturated heterocycles. The van der Waals surface area contributed by atoms with E-state index in [1.807, 2.05) is 20.0 Å². The SMILES string of the molecule is Cc1ccc(N2CCCC(C(C)CC(=O)O)C2)nc1. The van der Waals surface area contributed by atoms with Gasteiger partial charge in [-0.15, -0.1) is 0 Å². The molecule has 19 heavy (non-hydrogen) atoms. The third kappa shape index (κ3) is 3.69. The van der Waals surface area contributed by atoms with E-state index >= 15 is 0 Å². The van der Waals surface area contributed by atoms with Gasteiger partial charge in [0.15, 0.2) is 0 Å². The van der Waals surface area contributed by atoms with E-state index in [2.05, 4.69) is 22.0 Å². The van der Waals surface area contributed by atoms with Gasteiger partial charge >= 0.3 is 5.97 Å². The molecule has 0 aliphatic carbocycles. The molecule has 1 aromatic rings. The van der Waals surface area contributed by atoms with Gasteiger partial charge in [-0.25, -0.2) is 4.98 Å². The van der Waals surface area contributed by atoms with Crippen LogP contribution in [-0.2, 0) is 4.79 Å². The first-order valence-corrected chi connectivity index (χ1v) is 6.95. The number of anilines is 1. The lowest BCUT2D eigenvalue weighted by Crippen LogP contribution is -2.38. The Morgan fingerprint density at radius 1 is 1.58 bits per heavy atom. The van der Waals surface area contributed by atoms with Crippen molar-refractivity contribution in [2.75, 3.05) is 18.0 Å². The smallest absolute Gasteiger partial charge is 0.303 e. The number of pyridine rings is 1. The van der Waals surface area contributed by atoms with Gasteiger partial charge < -0.3 is 10.0 Å². The Hall–Kier alpha value is -1.58. The molecule has 0 radical (unpaired) electrons. The lowest BCUT2D eigenvalue weighted by molar-refractivity contribution is -0.138. The van der Waals surface area contributed by atoms with Crippen molar-refractivity contribution in [2.24, 2.45) is 11.8 Å². The summed E-state index contributed by atoms with van der Waals surface area (Å²) in [5, 5.41) is 8.90. The monoisotopic (exact) mass is 262 g/mol. The van der Waals surface area contributed by atoms with E-state index in [1.165, 1.54) is 0 Å². The largest absolute Gasteiger partial charge is 0.481 e. The summed E-state index contributed by atoms with van der Waals surface area (Å²) in [7, 11) is 0. The molecule has 4 nitrogen and oxygen atoms in total. The highest BCUT2D eigenvalue weighted by Crippen LogP contribution is 2.28. The fraction of sp³-hybridized carbons (Fsp3) is 0.600. The fourth-order valence-electron chi connectivity index (χ4n) is 2.77. The van der Waals surface area contributed by atoms with Crippen molar-refractivity contribution in [3.05, 3.63) is 23.9 Å². The maximum atomic E-state index is 10.8. The minimum absolute atomic E-state index is 0.228. The highest BCUT2D eigenvalue weighted by Gasteiger charge is 2.26. The van der Waals surface area contributed by atoms with Crippen LogP contribution in [0.25, 0.3) is 0 Å². The van der Waals surface area contributed by atoms with Gasteiger partial charge in [0, 0.05) is 25.7 Å². The Morgan fingerprint density at radius 3 is 3.00 bits per heavy atom. The van der Waals surface area contributed by atoms with E-state index in [0.29, 0.717) is 5.92 Å². The molecule has 0 bridgehead atoms. The van der Waals surface area contributed by atoms with Crippen molar-refractivity contribution in [1.82, 2.24) is 4.98 Å². The molecule has 2 heterocycles. The maximum Gasteiger partial charge on any atom is 0.303 e. The van der Waals surface area contributed by atoms with Gasteiger partial charge in [-0.3, -0.25) is 4.79 Å². The van der Waals surface area contributed by atoms with E-state index in [4.69, 9.17) is 5.11 Å². The van der Waals surface area contributed by atoms with Gasteiger partial charge in [0.05, 0.1) is 0 Å². The molecule has 2 atom stereocenters. The Morgan fingerprint density at radius 2 is 2.37 bits per heavy atom. The van der Waals surface area contributed by atoms with Gasteiger partial charge in [-0.2, -0.15) is 0 Å². The highest BCUT2D eigenvalue weighted by atomic mass is 16.4. The van der Waals surface area contributed by atoms with Gasteiger partial charge in [0.25, 0.3) is 0 Å². The predicted molar refractivity (Wildman–Crippen MR) is 75.3 cm³/mol. The Bertz CT molecular complexity index is 430. The standard InChI is InChI=1S/C15H22N2O2/c1-11-5-6-14(16-9-11)17-7-3-4-13(10-17)12(2)8-15(18)19/h5-6,9,12-13H,3-4,7-8,10H2,1-2H3,(H,18,19). The lowest BCUT2D eigenvalue weighted by atomic mass is 9.84. The van der Waals surface area contributed by atoms with E-state index in [9.17, 15) is 4.79 Å². The van der Waals surface area contributed by atoms with Crippen LogP contribution in [0, 0.1) is 18.8 Å². The molecule has 1 fully saturated rings. The molecular formula is C15H22N2O2. The second-order valence-electron chi connectivity index (χ2n) is 5.62. The number of aromatic nitrogens is 1. The van der Waals surface area contributed by atoms with Crippen molar-refractivity contribution in [3.63, 3.8) is 0 Å². The first kappa shape index (κ1) is 13.8. The average molecular weight is 262 g/mol. The number of carboxylic acid groups (broad SMARTS) is 1. The topological polar surface area (TPSA) is 53.4 Å². The molecule has 1 aromatic heterocycles. The number of hydrogen-bond donors (Lipinski definition) is 1. The second kappa shape index (κ2) is 6.04. The average Bonchev–Trinajstić information content (AvgIpc) is 2.39. The summed E-state index contributed by atoms with van der Waals surface area (Å²) in [5.74, 6) is 0.995. The fourth-order valence-corrected chi connectivity index (χ4v) is 2.77. The summed E-state index contributed by atoms with van der Waals surface area (Å²) < 4.78 is 0. The molecule has 2 unspecified atom stereocenters. The molecule has 4 heteroatoms.